The van der Waals surface area contributed by atoms with E-state index < -0.39 is 0 Å². The molecule has 1 fully saturated rings. The van der Waals surface area contributed by atoms with Crippen LogP contribution >= 0.6 is 0 Å². The van der Waals surface area contributed by atoms with Crippen LogP contribution in [0.5, 0.6) is 0 Å². The second-order valence-corrected chi connectivity index (χ2v) is 3.76. The van der Waals surface area contributed by atoms with Gasteiger partial charge in [-0.15, -0.1) is 0 Å². The highest BCUT2D eigenvalue weighted by atomic mass is 16.5. The number of hydrogen-bond acceptors (Lipinski definition) is 3. The fourth-order valence-corrected chi connectivity index (χ4v) is 1.82. The molecule has 1 rings (SSSR count). The molecule has 0 aliphatic carbocycles. The van der Waals surface area contributed by atoms with Gasteiger partial charge in [0.1, 0.15) is 6.04 Å². The van der Waals surface area contributed by atoms with Gasteiger partial charge in [0.25, 0.3) is 0 Å². The zero-order valence-electron chi connectivity index (χ0n) is 9.08. The maximum atomic E-state index is 11.4. The molecule has 0 aromatic carbocycles. The Morgan fingerprint density at radius 2 is 2.36 bits per heavy atom. The molecule has 0 radical (unpaired) electrons. The van der Waals surface area contributed by atoms with Gasteiger partial charge in [0.05, 0.1) is 7.11 Å². The Morgan fingerprint density at radius 1 is 1.64 bits per heavy atom. The lowest BCUT2D eigenvalue weighted by molar-refractivity contribution is -0.145. The molecule has 80 valence electrons. The van der Waals surface area contributed by atoms with Crippen molar-refractivity contribution in [1.82, 2.24) is 4.90 Å². The summed E-state index contributed by atoms with van der Waals surface area (Å²) in [5.74, 6) is -0.105. The molecule has 0 N–H and O–H groups in total. The van der Waals surface area contributed by atoms with Crippen molar-refractivity contribution >= 4 is 5.97 Å². The third kappa shape index (κ3) is 2.58. The first-order chi connectivity index (χ1) is 6.69. The van der Waals surface area contributed by atoms with E-state index in [9.17, 15) is 4.79 Å². The minimum absolute atomic E-state index is 0.0386. The summed E-state index contributed by atoms with van der Waals surface area (Å²) in [7, 11) is 1.45. The Labute approximate surface area is 85.7 Å². The standard InChI is InChI=1S/C11H19NO2/c1-4-9(2)8-12-7-5-6-10(12)11(13)14-3/h10H,2,4-8H2,1,3H3. The van der Waals surface area contributed by atoms with Gasteiger partial charge in [0.2, 0.25) is 0 Å². The number of rotatable bonds is 4. The number of ether oxygens (including phenoxy) is 1. The molecule has 1 atom stereocenters. The number of likely N-dealkylation sites (tertiary alicyclic amines) is 1. The molecular formula is C11H19NO2. The summed E-state index contributed by atoms with van der Waals surface area (Å²) < 4.78 is 4.77. The summed E-state index contributed by atoms with van der Waals surface area (Å²) in [4.78, 5) is 13.6. The molecule has 1 aliphatic rings. The number of hydrogen-bond donors (Lipinski definition) is 0. The maximum absolute atomic E-state index is 11.4. The van der Waals surface area contributed by atoms with Crippen molar-refractivity contribution in [1.29, 1.82) is 0 Å². The first-order valence-electron chi connectivity index (χ1n) is 5.17. The molecule has 1 saturated heterocycles. The molecule has 1 unspecified atom stereocenters. The topological polar surface area (TPSA) is 29.5 Å². The van der Waals surface area contributed by atoms with Crippen LogP contribution in [0.2, 0.25) is 0 Å². The highest BCUT2D eigenvalue weighted by molar-refractivity contribution is 5.76. The normalized spacial score (nSPS) is 22.3. The van der Waals surface area contributed by atoms with Crippen LogP contribution in [-0.2, 0) is 9.53 Å². The van der Waals surface area contributed by atoms with Gasteiger partial charge < -0.3 is 4.74 Å². The van der Waals surface area contributed by atoms with Gasteiger partial charge in [-0.3, -0.25) is 9.69 Å². The van der Waals surface area contributed by atoms with E-state index in [1.165, 1.54) is 12.7 Å². The van der Waals surface area contributed by atoms with E-state index in [1.54, 1.807) is 0 Å². The second kappa shape index (κ2) is 5.15. The van der Waals surface area contributed by atoms with Crippen LogP contribution in [0.3, 0.4) is 0 Å². The minimum atomic E-state index is -0.105. The van der Waals surface area contributed by atoms with Crippen LogP contribution in [0.4, 0.5) is 0 Å². The van der Waals surface area contributed by atoms with E-state index in [4.69, 9.17) is 4.74 Å². The van der Waals surface area contributed by atoms with Crippen LogP contribution in [-0.4, -0.2) is 37.1 Å². The second-order valence-electron chi connectivity index (χ2n) is 3.76. The first kappa shape index (κ1) is 11.2. The summed E-state index contributed by atoms with van der Waals surface area (Å²) in [6.07, 6.45) is 2.98. The third-order valence-corrected chi connectivity index (χ3v) is 2.76. The Balaban J connectivity index is 2.51. The zero-order valence-corrected chi connectivity index (χ0v) is 9.08. The average molecular weight is 197 g/mol. The fraction of sp³-hybridized carbons (Fsp3) is 0.727. The summed E-state index contributed by atoms with van der Waals surface area (Å²) in [6.45, 7) is 7.87. The number of nitrogens with zero attached hydrogens (tertiary/aromatic N) is 1. The van der Waals surface area contributed by atoms with Crippen molar-refractivity contribution in [2.75, 3.05) is 20.2 Å². The summed E-state index contributed by atoms with van der Waals surface area (Å²) in [5.41, 5.74) is 1.18. The third-order valence-electron chi connectivity index (χ3n) is 2.76. The van der Waals surface area contributed by atoms with Crippen LogP contribution in [0.1, 0.15) is 26.2 Å². The lowest BCUT2D eigenvalue weighted by Crippen LogP contribution is -2.37. The molecule has 1 aliphatic heterocycles. The molecule has 3 nitrogen and oxygen atoms in total. The van der Waals surface area contributed by atoms with E-state index in [0.29, 0.717) is 0 Å². The minimum Gasteiger partial charge on any atom is -0.468 e. The fourth-order valence-electron chi connectivity index (χ4n) is 1.82. The molecule has 0 spiro atoms. The summed E-state index contributed by atoms with van der Waals surface area (Å²) >= 11 is 0. The molecule has 1 heterocycles. The molecular weight excluding hydrogens is 178 g/mol. The molecule has 3 heteroatoms. The SMILES string of the molecule is C=C(CC)CN1CCCC1C(=O)OC. The zero-order chi connectivity index (χ0) is 10.6. The number of methoxy groups -OCH3 is 1. The van der Waals surface area contributed by atoms with Crippen molar-refractivity contribution in [3.63, 3.8) is 0 Å². The van der Waals surface area contributed by atoms with Crippen molar-refractivity contribution in [3.05, 3.63) is 12.2 Å². The van der Waals surface area contributed by atoms with Crippen LogP contribution in [0.15, 0.2) is 12.2 Å². The lowest BCUT2D eigenvalue weighted by atomic mass is 10.2. The molecule has 14 heavy (non-hydrogen) atoms. The Hall–Kier alpha value is -0.830. The van der Waals surface area contributed by atoms with Crippen LogP contribution < -0.4 is 0 Å². The molecule has 0 saturated carbocycles. The highest BCUT2D eigenvalue weighted by Gasteiger charge is 2.31. The van der Waals surface area contributed by atoms with Gasteiger partial charge >= 0.3 is 5.97 Å². The van der Waals surface area contributed by atoms with Crippen LogP contribution in [0.25, 0.3) is 0 Å². The number of carbonyl (C=O) groups is 1. The summed E-state index contributed by atoms with van der Waals surface area (Å²) in [6, 6.07) is -0.0386. The Bertz CT molecular complexity index is 225. The molecule has 0 bridgehead atoms. The van der Waals surface area contributed by atoms with Gasteiger partial charge in [0.15, 0.2) is 0 Å². The monoisotopic (exact) mass is 197 g/mol. The van der Waals surface area contributed by atoms with E-state index in [2.05, 4.69) is 18.4 Å². The predicted octanol–water partition coefficient (Wildman–Crippen LogP) is 1.59. The van der Waals surface area contributed by atoms with E-state index >= 15 is 0 Å². The van der Waals surface area contributed by atoms with Gasteiger partial charge in [-0.1, -0.05) is 19.1 Å². The molecule has 0 aromatic rings. The van der Waals surface area contributed by atoms with E-state index in [1.807, 2.05) is 0 Å². The molecule has 0 aromatic heterocycles. The van der Waals surface area contributed by atoms with Gasteiger partial charge in [-0.05, 0) is 25.8 Å². The number of carbonyl (C=O) groups excluding carboxylic acids is 1. The van der Waals surface area contributed by atoms with Gasteiger partial charge in [-0.2, -0.15) is 0 Å². The van der Waals surface area contributed by atoms with Gasteiger partial charge in [0, 0.05) is 6.54 Å². The van der Waals surface area contributed by atoms with Crippen LogP contribution in [0, 0.1) is 0 Å². The van der Waals surface area contributed by atoms with E-state index in [0.717, 1.165) is 32.4 Å². The van der Waals surface area contributed by atoms with Crippen molar-refractivity contribution < 1.29 is 9.53 Å². The highest BCUT2D eigenvalue weighted by Crippen LogP contribution is 2.19. The van der Waals surface area contributed by atoms with Crippen molar-refractivity contribution in [2.45, 2.75) is 32.2 Å². The maximum Gasteiger partial charge on any atom is 0.323 e. The quantitative estimate of drug-likeness (QED) is 0.506. The van der Waals surface area contributed by atoms with Gasteiger partial charge in [-0.25, -0.2) is 0 Å². The smallest absolute Gasteiger partial charge is 0.323 e. The average Bonchev–Trinajstić information content (AvgIpc) is 2.64. The largest absolute Gasteiger partial charge is 0.468 e. The van der Waals surface area contributed by atoms with Crippen molar-refractivity contribution in [2.24, 2.45) is 0 Å². The van der Waals surface area contributed by atoms with E-state index in [-0.39, 0.29) is 12.0 Å². The Morgan fingerprint density at radius 3 is 2.93 bits per heavy atom. The lowest BCUT2D eigenvalue weighted by Gasteiger charge is -2.22. The Kier molecular flexibility index (Phi) is 4.14. The summed E-state index contributed by atoms with van der Waals surface area (Å²) in [5, 5.41) is 0. The predicted molar refractivity (Wildman–Crippen MR) is 56.0 cm³/mol. The number of esters is 1. The van der Waals surface area contributed by atoms with Crippen molar-refractivity contribution in [3.8, 4) is 0 Å². The first-order valence-corrected chi connectivity index (χ1v) is 5.17. The molecule has 0 amide bonds.